The van der Waals surface area contributed by atoms with Crippen molar-refractivity contribution in [2.75, 3.05) is 13.2 Å². The highest BCUT2D eigenvalue weighted by atomic mass is 19.4. The van der Waals surface area contributed by atoms with Crippen LogP contribution in [0.5, 0.6) is 0 Å². The molecule has 240 valence electrons. The lowest BCUT2D eigenvalue weighted by Gasteiger charge is -2.43. The number of rotatable bonds is 15. The molecule has 0 saturated heterocycles. The minimum Gasteiger partial charge on any atom is -0.450 e. The van der Waals surface area contributed by atoms with E-state index in [2.05, 4.69) is 4.74 Å². The lowest BCUT2D eigenvalue weighted by atomic mass is 9.86. The average Bonchev–Trinajstić information content (AvgIpc) is 2.77. The van der Waals surface area contributed by atoms with E-state index in [0.717, 1.165) is 0 Å². The molecule has 0 atom stereocenters. The average molecular weight is 641 g/mol. The largest absolute Gasteiger partial charge is 0.460 e. The summed E-state index contributed by atoms with van der Waals surface area (Å²) in [7, 11) is 0. The summed E-state index contributed by atoms with van der Waals surface area (Å²) < 4.78 is 256. The molecule has 0 aromatic rings. The van der Waals surface area contributed by atoms with Crippen LogP contribution in [-0.4, -0.2) is 72.8 Å². The van der Waals surface area contributed by atoms with E-state index in [1.54, 1.807) is 6.92 Å². The van der Waals surface area contributed by atoms with Crippen LogP contribution in [0, 0.1) is 0 Å². The van der Waals surface area contributed by atoms with E-state index < -0.39 is 79.1 Å². The fraction of sp³-hybridized carbons (Fsp3) is 0.944. The van der Waals surface area contributed by atoms with Gasteiger partial charge < -0.3 is 10.1 Å². The molecule has 0 heterocycles. The summed E-state index contributed by atoms with van der Waals surface area (Å²) in [5.41, 5.74) is 0. The van der Waals surface area contributed by atoms with Crippen molar-refractivity contribution in [2.45, 2.75) is 92.6 Å². The topological polar surface area (TPSA) is 38.3 Å². The van der Waals surface area contributed by atoms with Gasteiger partial charge in [0.15, 0.2) is 0 Å². The Bertz CT molecular complexity index is 853. The molecular weight excluding hydrogens is 623 g/mol. The number of nitrogens with one attached hydrogen (secondary N) is 1. The quantitative estimate of drug-likeness (QED) is 0.144. The van der Waals surface area contributed by atoms with Gasteiger partial charge in [-0.05, 0) is 12.8 Å². The maximum atomic E-state index is 13.7. The van der Waals surface area contributed by atoms with Crippen LogP contribution in [0.4, 0.5) is 88.2 Å². The fourth-order valence-electron chi connectivity index (χ4n) is 2.63. The number of amides is 1. The Morgan fingerprint density at radius 1 is 0.550 bits per heavy atom. The van der Waals surface area contributed by atoms with E-state index in [1.165, 1.54) is 0 Å². The van der Waals surface area contributed by atoms with Gasteiger partial charge in [-0.3, -0.25) is 0 Å². The summed E-state index contributed by atoms with van der Waals surface area (Å²) in [5.74, 6) is -66.7. The smallest absolute Gasteiger partial charge is 0.450 e. The van der Waals surface area contributed by atoms with E-state index in [-0.39, 0.29) is 6.54 Å². The van der Waals surface area contributed by atoms with E-state index >= 15 is 0 Å². The first-order valence-electron chi connectivity index (χ1n) is 10.5. The lowest BCUT2D eigenvalue weighted by Crippen LogP contribution is -2.75. The van der Waals surface area contributed by atoms with Gasteiger partial charge in [-0.2, -0.15) is 83.4 Å². The number of alkyl halides is 19. The molecule has 0 aromatic heterocycles. The Balaban J connectivity index is 6.04. The summed E-state index contributed by atoms with van der Waals surface area (Å²) in [6.45, 7) is 0.372. The zero-order valence-electron chi connectivity index (χ0n) is 19.4. The van der Waals surface area contributed by atoms with Gasteiger partial charge in [-0.25, -0.2) is 4.79 Å². The van der Waals surface area contributed by atoms with Crippen molar-refractivity contribution >= 4 is 6.09 Å². The first kappa shape index (κ1) is 37.9. The van der Waals surface area contributed by atoms with Crippen molar-refractivity contribution in [2.24, 2.45) is 0 Å². The number of carbonyl (C=O) groups is 1. The van der Waals surface area contributed by atoms with E-state index in [1.807, 2.05) is 5.32 Å². The van der Waals surface area contributed by atoms with Crippen LogP contribution >= 0.6 is 0 Å². The van der Waals surface area contributed by atoms with Gasteiger partial charge in [-0.1, -0.05) is 19.8 Å². The molecule has 0 rings (SSSR count). The van der Waals surface area contributed by atoms with Crippen molar-refractivity contribution in [3.05, 3.63) is 0 Å². The van der Waals surface area contributed by atoms with E-state index in [0.29, 0.717) is 19.3 Å². The second-order valence-electron chi connectivity index (χ2n) is 8.10. The highest BCUT2D eigenvalue weighted by Crippen LogP contribution is 2.65. The Hall–Kier alpha value is -2.06. The number of carbonyl (C=O) groups excluding carboxylic acids is 1. The van der Waals surface area contributed by atoms with Gasteiger partial charge in [0.25, 0.3) is 0 Å². The second-order valence-corrected chi connectivity index (χ2v) is 8.10. The molecule has 0 aromatic carbocycles. The molecule has 22 heteroatoms. The molecular formula is C18H18F19NO2. The summed E-state index contributed by atoms with van der Waals surface area (Å²) in [6, 6.07) is 0. The first-order chi connectivity index (χ1) is 17.5. The van der Waals surface area contributed by atoms with Crippen molar-refractivity contribution < 1.29 is 92.9 Å². The molecule has 40 heavy (non-hydrogen) atoms. The molecule has 1 N–H and O–H groups in total. The molecule has 0 aliphatic rings. The molecule has 0 saturated carbocycles. The SMILES string of the molecule is CCCCCNC(=O)OCCCC(F)(F)C(F)(F)C(F)(F)C(F)(F)C(F)(F)C(F)(F)C(F)(F)C(F)(F)C(F)(F)F. The lowest BCUT2D eigenvalue weighted by molar-refractivity contribution is -0.468. The van der Waals surface area contributed by atoms with Crippen molar-refractivity contribution in [1.82, 2.24) is 5.32 Å². The van der Waals surface area contributed by atoms with E-state index in [4.69, 9.17) is 0 Å². The fourth-order valence-corrected chi connectivity index (χ4v) is 2.63. The highest BCUT2D eigenvalue weighted by molar-refractivity contribution is 5.66. The Morgan fingerprint density at radius 2 is 0.925 bits per heavy atom. The van der Waals surface area contributed by atoms with Crippen LogP contribution in [0.3, 0.4) is 0 Å². The predicted octanol–water partition coefficient (Wildman–Crippen LogP) is 8.33. The molecule has 0 aliphatic heterocycles. The summed E-state index contributed by atoms with van der Waals surface area (Å²) >= 11 is 0. The maximum Gasteiger partial charge on any atom is 0.460 e. The van der Waals surface area contributed by atoms with E-state index in [9.17, 15) is 88.2 Å². The standard InChI is InChI=1S/C18H18F19NO2/c1-2-3-4-7-38-9(39)40-8-5-6-10(19,20)11(21,22)12(23,24)13(25,26)14(27,28)15(29,30)16(31,32)17(33,34)18(35,36)37/h2-8H2,1H3,(H,38,39). The Labute approximate surface area is 211 Å². The van der Waals surface area contributed by atoms with Crippen molar-refractivity contribution in [3.63, 3.8) is 0 Å². The Morgan fingerprint density at radius 3 is 1.30 bits per heavy atom. The number of halogens is 19. The molecule has 3 nitrogen and oxygen atoms in total. The van der Waals surface area contributed by atoms with Crippen molar-refractivity contribution in [3.8, 4) is 0 Å². The normalized spacial score (nSPS) is 15.3. The van der Waals surface area contributed by atoms with Gasteiger partial charge >= 0.3 is 59.6 Å². The first-order valence-corrected chi connectivity index (χ1v) is 10.5. The van der Waals surface area contributed by atoms with Crippen LogP contribution in [0.15, 0.2) is 0 Å². The zero-order valence-corrected chi connectivity index (χ0v) is 19.4. The van der Waals surface area contributed by atoms with Gasteiger partial charge in [0.2, 0.25) is 0 Å². The van der Waals surface area contributed by atoms with Crippen molar-refractivity contribution in [1.29, 1.82) is 0 Å². The monoisotopic (exact) mass is 641 g/mol. The van der Waals surface area contributed by atoms with Crippen LogP contribution in [0.1, 0.15) is 39.0 Å². The van der Waals surface area contributed by atoms with Crippen LogP contribution in [0.25, 0.3) is 0 Å². The molecule has 0 aliphatic carbocycles. The third-order valence-corrected chi connectivity index (χ3v) is 5.10. The maximum absolute atomic E-state index is 13.7. The molecule has 0 unspecified atom stereocenters. The highest BCUT2D eigenvalue weighted by Gasteiger charge is 2.96. The number of unbranched alkanes of at least 4 members (excludes halogenated alkanes) is 2. The van der Waals surface area contributed by atoms with Crippen LogP contribution in [-0.2, 0) is 4.74 Å². The molecule has 0 fully saturated rings. The van der Waals surface area contributed by atoms with Crippen LogP contribution < -0.4 is 5.32 Å². The van der Waals surface area contributed by atoms with Gasteiger partial charge in [-0.15, -0.1) is 0 Å². The summed E-state index contributed by atoms with van der Waals surface area (Å²) in [6.07, 6.45) is -12.0. The molecule has 0 spiro atoms. The van der Waals surface area contributed by atoms with Gasteiger partial charge in [0, 0.05) is 13.0 Å². The third kappa shape index (κ3) is 6.23. The number of hydrogen-bond donors (Lipinski definition) is 1. The zero-order chi connectivity index (χ0) is 32.4. The summed E-state index contributed by atoms with van der Waals surface area (Å²) in [4.78, 5) is 11.2. The molecule has 1 amide bonds. The number of alkyl carbamates (subject to hydrolysis) is 1. The minimum absolute atomic E-state index is 0.0466. The Kier molecular flexibility index (Phi) is 11.1. The van der Waals surface area contributed by atoms with Gasteiger partial charge in [0.1, 0.15) is 0 Å². The number of ether oxygens (including phenoxy) is 1. The predicted molar refractivity (Wildman–Crippen MR) is 93.7 cm³/mol. The molecule has 0 bridgehead atoms. The summed E-state index contributed by atoms with van der Waals surface area (Å²) in [5, 5.41) is 2.00. The number of hydrogen-bond acceptors (Lipinski definition) is 2. The molecule has 0 radical (unpaired) electrons. The third-order valence-electron chi connectivity index (χ3n) is 5.10. The minimum atomic E-state index is -8.94. The second kappa shape index (κ2) is 11.7. The van der Waals surface area contributed by atoms with Gasteiger partial charge in [0.05, 0.1) is 6.61 Å². The van der Waals surface area contributed by atoms with Crippen LogP contribution in [0.2, 0.25) is 0 Å².